The number of aromatic nitrogens is 1. The smallest absolute Gasteiger partial charge is 0.269 e. The average molecular weight is 307 g/mol. The molecule has 2 rings (SSSR count). The van der Waals surface area contributed by atoms with Crippen LogP contribution in [0.2, 0.25) is 5.02 Å². The maximum Gasteiger partial charge on any atom is 0.269 e. The van der Waals surface area contributed by atoms with Gasteiger partial charge in [-0.1, -0.05) is 11.6 Å². The van der Waals surface area contributed by atoms with Gasteiger partial charge >= 0.3 is 0 Å². The summed E-state index contributed by atoms with van der Waals surface area (Å²) in [5.41, 5.74) is -0.136. The Morgan fingerprint density at radius 2 is 2.44 bits per heavy atom. The summed E-state index contributed by atoms with van der Waals surface area (Å²) in [6, 6.07) is 1.62. The minimum absolute atomic E-state index is 0.136. The minimum Gasteiger partial charge on any atom is -0.378 e. The number of hydrogen-bond acceptors (Lipinski definition) is 2. The number of rotatable bonds is 3. The largest absolute Gasteiger partial charge is 0.378 e. The van der Waals surface area contributed by atoms with Gasteiger partial charge in [0.1, 0.15) is 5.02 Å². The van der Waals surface area contributed by atoms with Gasteiger partial charge in [-0.15, -0.1) is 0 Å². The first-order valence-electron chi connectivity index (χ1n) is 5.34. The van der Waals surface area contributed by atoms with Crippen molar-refractivity contribution >= 4 is 27.5 Å². The van der Waals surface area contributed by atoms with E-state index >= 15 is 0 Å². The minimum atomic E-state index is -0.136. The van der Waals surface area contributed by atoms with Crippen LogP contribution in [0.5, 0.6) is 0 Å². The molecule has 1 aliphatic heterocycles. The molecule has 0 radical (unpaired) electrons. The van der Waals surface area contributed by atoms with Crippen molar-refractivity contribution in [2.45, 2.75) is 31.9 Å². The van der Waals surface area contributed by atoms with Crippen LogP contribution in [0.3, 0.4) is 0 Å². The Balaban J connectivity index is 2.05. The number of halogens is 2. The van der Waals surface area contributed by atoms with Gasteiger partial charge in [0.15, 0.2) is 0 Å². The third-order valence-electron chi connectivity index (χ3n) is 2.72. The molecule has 1 aliphatic rings. The topological polar surface area (TPSA) is 31.2 Å². The highest BCUT2D eigenvalue weighted by Crippen LogP contribution is 2.17. The lowest BCUT2D eigenvalue weighted by Gasteiger charge is -2.11. The Morgan fingerprint density at radius 1 is 1.62 bits per heavy atom. The zero-order chi connectivity index (χ0) is 11.5. The molecule has 1 aromatic rings. The zero-order valence-electron chi connectivity index (χ0n) is 8.79. The molecule has 0 saturated carbocycles. The predicted molar refractivity (Wildman–Crippen MR) is 67.0 cm³/mol. The van der Waals surface area contributed by atoms with Crippen LogP contribution in [0.15, 0.2) is 21.5 Å². The normalized spacial score (nSPS) is 20.2. The number of ether oxygens (including phenoxy) is 1. The van der Waals surface area contributed by atoms with E-state index in [1.165, 1.54) is 0 Å². The van der Waals surface area contributed by atoms with Crippen molar-refractivity contribution in [1.82, 2.24) is 4.57 Å². The second kappa shape index (κ2) is 5.34. The van der Waals surface area contributed by atoms with Crippen molar-refractivity contribution < 1.29 is 4.74 Å². The fourth-order valence-electron chi connectivity index (χ4n) is 1.89. The summed E-state index contributed by atoms with van der Waals surface area (Å²) in [6.45, 7) is 1.50. The molecule has 1 fully saturated rings. The zero-order valence-corrected chi connectivity index (χ0v) is 11.1. The van der Waals surface area contributed by atoms with Crippen LogP contribution in [0, 0.1) is 0 Å². The van der Waals surface area contributed by atoms with Crippen LogP contribution in [0.4, 0.5) is 0 Å². The molecule has 0 aliphatic carbocycles. The highest BCUT2D eigenvalue weighted by atomic mass is 79.9. The molecule has 3 nitrogen and oxygen atoms in total. The van der Waals surface area contributed by atoms with Crippen LogP contribution in [-0.2, 0) is 11.3 Å². The van der Waals surface area contributed by atoms with E-state index in [2.05, 4.69) is 15.9 Å². The monoisotopic (exact) mass is 305 g/mol. The molecular formula is C11H13BrClNO2. The van der Waals surface area contributed by atoms with Gasteiger partial charge in [-0.25, -0.2) is 0 Å². The van der Waals surface area contributed by atoms with E-state index in [0.29, 0.717) is 12.6 Å². The second-order valence-corrected chi connectivity index (χ2v) is 5.25. The molecule has 1 unspecified atom stereocenters. The lowest BCUT2D eigenvalue weighted by molar-refractivity contribution is 0.100. The van der Waals surface area contributed by atoms with E-state index in [1.807, 2.05) is 0 Å². The van der Waals surface area contributed by atoms with Gasteiger partial charge in [-0.2, -0.15) is 0 Å². The van der Waals surface area contributed by atoms with Crippen LogP contribution in [0.1, 0.15) is 19.3 Å². The maximum atomic E-state index is 11.7. The molecule has 16 heavy (non-hydrogen) atoms. The maximum absolute atomic E-state index is 11.7. The molecule has 5 heteroatoms. The van der Waals surface area contributed by atoms with Crippen LogP contribution >= 0.6 is 27.5 Å². The van der Waals surface area contributed by atoms with Crippen molar-refractivity contribution in [1.29, 1.82) is 0 Å². The van der Waals surface area contributed by atoms with Crippen molar-refractivity contribution in [3.05, 3.63) is 32.1 Å². The summed E-state index contributed by atoms with van der Waals surface area (Å²) in [7, 11) is 0. The number of nitrogens with zero attached hydrogens (tertiary/aromatic N) is 1. The van der Waals surface area contributed by atoms with Crippen molar-refractivity contribution in [3.8, 4) is 0 Å². The fraction of sp³-hybridized carbons (Fsp3) is 0.545. The van der Waals surface area contributed by atoms with Gasteiger partial charge in [-0.05, 0) is 41.3 Å². The summed E-state index contributed by atoms with van der Waals surface area (Å²) in [4.78, 5) is 11.7. The third-order valence-corrected chi connectivity index (χ3v) is 3.43. The molecule has 0 N–H and O–H groups in total. The van der Waals surface area contributed by atoms with E-state index in [1.54, 1.807) is 16.8 Å². The van der Waals surface area contributed by atoms with Gasteiger partial charge in [0.2, 0.25) is 0 Å². The molecule has 88 valence electrons. The first-order valence-corrected chi connectivity index (χ1v) is 6.51. The first-order chi connectivity index (χ1) is 7.66. The Labute approximate surface area is 107 Å². The van der Waals surface area contributed by atoms with Gasteiger partial charge in [0.05, 0.1) is 6.10 Å². The molecule has 0 aromatic carbocycles. The molecule has 0 spiro atoms. The van der Waals surface area contributed by atoms with Crippen molar-refractivity contribution in [2.24, 2.45) is 0 Å². The van der Waals surface area contributed by atoms with E-state index in [-0.39, 0.29) is 10.6 Å². The van der Waals surface area contributed by atoms with E-state index in [4.69, 9.17) is 16.3 Å². The molecule has 0 amide bonds. The second-order valence-electron chi connectivity index (χ2n) is 3.93. The van der Waals surface area contributed by atoms with E-state index in [0.717, 1.165) is 30.3 Å². The molecule has 2 heterocycles. The van der Waals surface area contributed by atoms with Gasteiger partial charge < -0.3 is 9.30 Å². The summed E-state index contributed by atoms with van der Waals surface area (Å²) >= 11 is 9.15. The standard InChI is InChI=1S/C11H13BrClNO2/c12-8-6-10(13)11(15)14(7-8)4-3-9-2-1-5-16-9/h6-7,9H,1-5H2. The van der Waals surface area contributed by atoms with Crippen molar-refractivity contribution in [3.63, 3.8) is 0 Å². The quantitative estimate of drug-likeness (QED) is 0.860. The fourth-order valence-corrected chi connectivity index (χ4v) is 2.72. The molecule has 1 atom stereocenters. The van der Waals surface area contributed by atoms with Crippen LogP contribution in [-0.4, -0.2) is 17.3 Å². The third kappa shape index (κ3) is 2.87. The Hall–Kier alpha value is -0.320. The lowest BCUT2D eigenvalue weighted by atomic mass is 10.2. The molecule has 0 bridgehead atoms. The summed E-state index contributed by atoms with van der Waals surface area (Å²) in [5.74, 6) is 0. The Kier molecular flexibility index (Phi) is 4.05. The van der Waals surface area contributed by atoms with Gasteiger partial charge in [0.25, 0.3) is 5.56 Å². The molecule has 1 saturated heterocycles. The first kappa shape index (κ1) is 12.1. The average Bonchev–Trinajstić information content (AvgIpc) is 2.74. The highest BCUT2D eigenvalue weighted by Gasteiger charge is 2.15. The highest BCUT2D eigenvalue weighted by molar-refractivity contribution is 9.10. The number of hydrogen-bond donors (Lipinski definition) is 0. The van der Waals surface area contributed by atoms with Crippen LogP contribution < -0.4 is 5.56 Å². The lowest BCUT2D eigenvalue weighted by Crippen LogP contribution is -2.22. The Bertz CT molecular complexity index is 426. The summed E-state index contributed by atoms with van der Waals surface area (Å²) in [6.07, 6.45) is 5.15. The van der Waals surface area contributed by atoms with Gasteiger partial charge in [-0.3, -0.25) is 4.79 Å². The Morgan fingerprint density at radius 3 is 3.12 bits per heavy atom. The van der Waals surface area contributed by atoms with E-state index < -0.39 is 0 Å². The van der Waals surface area contributed by atoms with E-state index in [9.17, 15) is 4.79 Å². The molecular weight excluding hydrogens is 293 g/mol. The molecule has 1 aromatic heterocycles. The number of pyridine rings is 1. The van der Waals surface area contributed by atoms with Crippen molar-refractivity contribution in [2.75, 3.05) is 6.61 Å². The van der Waals surface area contributed by atoms with Gasteiger partial charge in [0, 0.05) is 23.8 Å². The number of aryl methyl sites for hydroxylation is 1. The SMILES string of the molecule is O=c1c(Cl)cc(Br)cn1CCC1CCCO1. The summed E-state index contributed by atoms with van der Waals surface area (Å²) < 4.78 is 7.97. The predicted octanol–water partition coefficient (Wildman–Crippen LogP) is 2.83. The summed E-state index contributed by atoms with van der Waals surface area (Å²) in [5, 5.41) is 0.252. The van der Waals surface area contributed by atoms with Crippen LogP contribution in [0.25, 0.3) is 0 Å².